The zero-order valence-corrected chi connectivity index (χ0v) is 16.9. The van der Waals surface area contributed by atoms with Gasteiger partial charge in [0.15, 0.2) is 0 Å². The monoisotopic (exact) mass is 398 g/mol. The lowest BCUT2D eigenvalue weighted by Gasteiger charge is -2.08. The molecule has 0 fully saturated rings. The number of nitrogens with zero attached hydrogens (tertiary/aromatic N) is 5. The zero-order valence-electron chi connectivity index (χ0n) is 16.9. The Morgan fingerprint density at radius 3 is 2.70 bits per heavy atom. The lowest BCUT2D eigenvalue weighted by molar-refractivity contribution is 0.301. The van der Waals surface area contributed by atoms with Gasteiger partial charge in [-0.1, -0.05) is 24.3 Å². The maximum Gasteiger partial charge on any atom is 0.133 e. The molecular formula is C23H22N6O. The quantitative estimate of drug-likeness (QED) is 0.459. The van der Waals surface area contributed by atoms with Gasteiger partial charge in [-0.2, -0.15) is 10.2 Å². The molecule has 0 spiro atoms. The van der Waals surface area contributed by atoms with E-state index in [1.165, 1.54) is 0 Å². The topological polar surface area (TPSA) is 73.6 Å². The van der Waals surface area contributed by atoms with Crippen LogP contribution in [0.1, 0.15) is 12.6 Å². The van der Waals surface area contributed by atoms with Gasteiger partial charge in [0, 0.05) is 42.7 Å². The van der Waals surface area contributed by atoms with Crippen LogP contribution in [0.3, 0.4) is 0 Å². The molecule has 150 valence electrons. The number of nitrogens with one attached hydrogen (secondary N) is 1. The van der Waals surface area contributed by atoms with Gasteiger partial charge in [-0.05, 0) is 30.7 Å². The van der Waals surface area contributed by atoms with Gasteiger partial charge in [-0.15, -0.1) is 0 Å². The molecule has 0 atom stereocenters. The van der Waals surface area contributed by atoms with Crippen molar-refractivity contribution in [1.82, 2.24) is 29.5 Å². The molecular weight excluding hydrogens is 376 g/mol. The third-order valence-electron chi connectivity index (χ3n) is 5.28. The smallest absolute Gasteiger partial charge is 0.133 e. The van der Waals surface area contributed by atoms with Crippen molar-refractivity contribution in [2.24, 2.45) is 7.05 Å². The molecule has 0 unspecified atom stereocenters. The van der Waals surface area contributed by atoms with Crippen molar-refractivity contribution in [2.75, 3.05) is 0 Å². The molecule has 0 aliphatic rings. The molecule has 1 N–H and O–H groups in total. The first-order valence-corrected chi connectivity index (χ1v) is 9.91. The number of benzene rings is 2. The Hall–Kier alpha value is -3.87. The molecule has 30 heavy (non-hydrogen) atoms. The molecule has 0 radical (unpaired) electrons. The van der Waals surface area contributed by atoms with Gasteiger partial charge in [-0.3, -0.25) is 9.78 Å². The van der Waals surface area contributed by atoms with Crippen molar-refractivity contribution in [3.05, 3.63) is 73.1 Å². The summed E-state index contributed by atoms with van der Waals surface area (Å²) in [7, 11) is 2.01. The highest BCUT2D eigenvalue weighted by atomic mass is 16.5. The number of para-hydroxylation sites is 1. The van der Waals surface area contributed by atoms with E-state index in [1.54, 1.807) is 0 Å². The fourth-order valence-corrected chi connectivity index (χ4v) is 3.63. The summed E-state index contributed by atoms with van der Waals surface area (Å²) in [6.07, 6.45) is 7.59. The van der Waals surface area contributed by atoms with E-state index >= 15 is 0 Å². The molecule has 0 amide bonds. The summed E-state index contributed by atoms with van der Waals surface area (Å²) in [5.41, 5.74) is 7.23. The van der Waals surface area contributed by atoms with Crippen LogP contribution < -0.4 is 4.74 Å². The lowest BCUT2D eigenvalue weighted by atomic mass is 10.0. The van der Waals surface area contributed by atoms with Crippen molar-refractivity contribution in [3.8, 4) is 28.0 Å². The Kier molecular flexibility index (Phi) is 4.55. The Labute approximate surface area is 174 Å². The van der Waals surface area contributed by atoms with Gasteiger partial charge in [-0.25, -0.2) is 4.98 Å². The third kappa shape index (κ3) is 3.24. The number of ether oxygens (including phenoxy) is 1. The van der Waals surface area contributed by atoms with Crippen molar-refractivity contribution in [3.63, 3.8) is 0 Å². The molecule has 2 aromatic carbocycles. The first-order valence-electron chi connectivity index (χ1n) is 9.91. The highest BCUT2D eigenvalue weighted by Gasteiger charge is 2.12. The fourth-order valence-electron chi connectivity index (χ4n) is 3.63. The second-order valence-electron chi connectivity index (χ2n) is 7.17. The zero-order chi connectivity index (χ0) is 20.5. The SMILES string of the molecule is CCn1cc(-c2c[nH]nc2COc2ccc(-c3cccc4c3ncn4C)cc2)cn1. The van der Waals surface area contributed by atoms with Gasteiger partial charge >= 0.3 is 0 Å². The van der Waals surface area contributed by atoms with Crippen LogP contribution in [0.15, 0.2) is 67.4 Å². The van der Waals surface area contributed by atoms with E-state index in [-0.39, 0.29) is 0 Å². The van der Waals surface area contributed by atoms with E-state index in [2.05, 4.69) is 57.5 Å². The first-order chi connectivity index (χ1) is 14.7. The minimum Gasteiger partial charge on any atom is -0.487 e. The van der Waals surface area contributed by atoms with Gasteiger partial charge < -0.3 is 9.30 Å². The number of aromatic amines is 1. The van der Waals surface area contributed by atoms with Crippen molar-refractivity contribution < 1.29 is 4.74 Å². The van der Waals surface area contributed by atoms with Crippen LogP contribution in [0.4, 0.5) is 0 Å². The van der Waals surface area contributed by atoms with Crippen LogP contribution in [0.2, 0.25) is 0 Å². The number of fused-ring (bicyclic) bond motifs is 1. The highest BCUT2D eigenvalue weighted by Crippen LogP contribution is 2.29. The number of hydrogen-bond donors (Lipinski definition) is 1. The summed E-state index contributed by atoms with van der Waals surface area (Å²) in [5.74, 6) is 0.796. The number of rotatable bonds is 6. The largest absolute Gasteiger partial charge is 0.487 e. The second kappa shape index (κ2) is 7.51. The number of aromatic nitrogens is 6. The van der Waals surface area contributed by atoms with E-state index in [9.17, 15) is 0 Å². The summed E-state index contributed by atoms with van der Waals surface area (Å²) in [6.45, 7) is 3.28. The Morgan fingerprint density at radius 1 is 1.03 bits per heavy atom. The van der Waals surface area contributed by atoms with Crippen LogP contribution in [0.5, 0.6) is 5.75 Å². The summed E-state index contributed by atoms with van der Waals surface area (Å²) in [6, 6.07) is 14.3. The van der Waals surface area contributed by atoms with E-state index < -0.39 is 0 Å². The van der Waals surface area contributed by atoms with Crippen LogP contribution >= 0.6 is 0 Å². The third-order valence-corrected chi connectivity index (χ3v) is 5.28. The predicted molar refractivity (Wildman–Crippen MR) is 116 cm³/mol. The number of imidazole rings is 1. The van der Waals surface area contributed by atoms with Gasteiger partial charge in [0.2, 0.25) is 0 Å². The molecule has 3 aromatic heterocycles. The number of H-pyrrole nitrogens is 1. The van der Waals surface area contributed by atoms with Gasteiger partial charge in [0.25, 0.3) is 0 Å². The number of hydrogen-bond acceptors (Lipinski definition) is 4. The normalized spacial score (nSPS) is 11.3. The van der Waals surface area contributed by atoms with Crippen LogP contribution in [-0.2, 0) is 20.2 Å². The summed E-state index contributed by atoms with van der Waals surface area (Å²) in [5, 5.41) is 11.6. The molecule has 5 aromatic rings. The first kappa shape index (κ1) is 18.2. The summed E-state index contributed by atoms with van der Waals surface area (Å²) < 4.78 is 9.93. The van der Waals surface area contributed by atoms with Crippen LogP contribution in [-0.4, -0.2) is 29.5 Å². The second-order valence-corrected chi connectivity index (χ2v) is 7.17. The lowest BCUT2D eigenvalue weighted by Crippen LogP contribution is -1.98. The molecule has 3 heterocycles. The van der Waals surface area contributed by atoms with Crippen molar-refractivity contribution in [1.29, 1.82) is 0 Å². The van der Waals surface area contributed by atoms with Gasteiger partial charge in [0.05, 0.1) is 23.6 Å². The Morgan fingerprint density at radius 2 is 1.90 bits per heavy atom. The molecule has 0 aliphatic heterocycles. The number of aryl methyl sites for hydroxylation is 2. The molecule has 0 saturated heterocycles. The van der Waals surface area contributed by atoms with Crippen molar-refractivity contribution in [2.45, 2.75) is 20.1 Å². The van der Waals surface area contributed by atoms with Crippen molar-refractivity contribution >= 4 is 11.0 Å². The maximum atomic E-state index is 6.00. The van der Waals surface area contributed by atoms with E-state index in [0.717, 1.165) is 51.3 Å². The molecule has 7 nitrogen and oxygen atoms in total. The van der Waals surface area contributed by atoms with E-state index in [0.29, 0.717) is 6.61 Å². The minimum absolute atomic E-state index is 0.380. The van der Waals surface area contributed by atoms with Gasteiger partial charge in [0.1, 0.15) is 18.1 Å². The Balaban J connectivity index is 1.33. The van der Waals surface area contributed by atoms with Crippen LogP contribution in [0, 0.1) is 0 Å². The Bertz CT molecular complexity index is 1290. The molecule has 0 saturated carbocycles. The fraction of sp³-hybridized carbons (Fsp3) is 0.174. The van der Waals surface area contributed by atoms with E-state index in [1.807, 2.05) is 53.3 Å². The highest BCUT2D eigenvalue weighted by molar-refractivity contribution is 5.92. The maximum absolute atomic E-state index is 6.00. The average Bonchev–Trinajstić information content (AvgIpc) is 3.52. The summed E-state index contributed by atoms with van der Waals surface area (Å²) in [4.78, 5) is 4.55. The molecule has 0 aliphatic carbocycles. The minimum atomic E-state index is 0.380. The molecule has 0 bridgehead atoms. The standard InChI is InChI=1S/C23H22N6O/c1-3-29-13-17(11-26-29)20-12-25-27-21(20)14-30-18-9-7-16(8-10-18)19-5-4-6-22-23(19)24-15-28(22)2/h4-13,15H,3,14H2,1-2H3,(H,25,27). The predicted octanol–water partition coefficient (Wildman–Crippen LogP) is 4.43. The molecule has 5 rings (SSSR count). The van der Waals surface area contributed by atoms with E-state index in [4.69, 9.17) is 4.74 Å². The average molecular weight is 398 g/mol. The summed E-state index contributed by atoms with van der Waals surface area (Å²) >= 11 is 0. The molecule has 7 heteroatoms. The van der Waals surface area contributed by atoms with Crippen LogP contribution in [0.25, 0.3) is 33.3 Å².